The number of ether oxygens (including phenoxy) is 1. The first-order valence-corrected chi connectivity index (χ1v) is 8.54. The van der Waals surface area contributed by atoms with E-state index in [1.807, 2.05) is 0 Å². The molecule has 3 rings (SSSR count). The second kappa shape index (κ2) is 8.01. The number of aromatic nitrogens is 2. The van der Waals surface area contributed by atoms with Gasteiger partial charge in [0, 0.05) is 16.1 Å². The van der Waals surface area contributed by atoms with Gasteiger partial charge in [0.05, 0.1) is 17.5 Å². The molecule has 2 aromatic carbocycles. The Labute approximate surface area is 159 Å². The van der Waals surface area contributed by atoms with Crippen molar-refractivity contribution in [3.05, 3.63) is 69.6 Å². The lowest BCUT2D eigenvalue weighted by molar-refractivity contribution is -0.152. The van der Waals surface area contributed by atoms with Gasteiger partial charge in [-0.15, -0.1) is 0 Å². The fraction of sp³-hybridized carbons (Fsp3) is 0.158. The van der Waals surface area contributed by atoms with Crippen molar-refractivity contribution in [1.82, 2.24) is 10.2 Å². The molecule has 0 bridgehead atoms. The Morgan fingerprint density at radius 2 is 1.93 bits per heavy atom. The van der Waals surface area contributed by atoms with Crippen LogP contribution in [-0.2, 0) is 20.7 Å². The number of hydrogen-bond acceptors (Lipinski definition) is 5. The third kappa shape index (κ3) is 4.51. The molecule has 0 saturated carbocycles. The predicted molar refractivity (Wildman–Crippen MR) is 102 cm³/mol. The molecule has 8 heteroatoms. The number of anilines is 1. The van der Waals surface area contributed by atoms with Gasteiger partial charge >= 0.3 is 5.97 Å². The Balaban J connectivity index is 1.66. The molecule has 1 atom stereocenters. The first-order chi connectivity index (χ1) is 12.9. The Hall–Kier alpha value is -3.19. The lowest BCUT2D eigenvalue weighted by Gasteiger charge is -2.14. The van der Waals surface area contributed by atoms with Gasteiger partial charge < -0.3 is 10.1 Å². The van der Waals surface area contributed by atoms with Gasteiger partial charge in [0.1, 0.15) is 0 Å². The number of hydrogen-bond donors (Lipinski definition) is 2. The van der Waals surface area contributed by atoms with Gasteiger partial charge in [0.15, 0.2) is 6.10 Å². The minimum absolute atomic E-state index is 0.175. The standard InChI is InChI=1S/C19H16ClN3O4/c1-11(18(25)21-13-6-4-5-12(20)9-13)27-17(24)10-16-14-7-2-3-8-15(14)19(26)23-22-16/h2-9,11H,10H2,1H3,(H,21,25)(H,23,26)/t11-/m1/s1. The molecule has 0 radical (unpaired) electrons. The number of benzene rings is 2. The van der Waals surface area contributed by atoms with Crippen molar-refractivity contribution < 1.29 is 14.3 Å². The van der Waals surface area contributed by atoms with Crippen LogP contribution >= 0.6 is 11.6 Å². The van der Waals surface area contributed by atoms with Gasteiger partial charge in [-0.1, -0.05) is 35.9 Å². The van der Waals surface area contributed by atoms with Gasteiger partial charge in [-0.25, -0.2) is 5.10 Å². The van der Waals surface area contributed by atoms with Gasteiger partial charge in [0.25, 0.3) is 11.5 Å². The zero-order valence-corrected chi connectivity index (χ0v) is 15.1. The number of rotatable bonds is 5. The van der Waals surface area contributed by atoms with Crippen LogP contribution in [-0.4, -0.2) is 28.2 Å². The molecular formula is C19H16ClN3O4. The molecule has 138 valence electrons. The Kier molecular flexibility index (Phi) is 5.52. The maximum absolute atomic E-state index is 12.2. The van der Waals surface area contributed by atoms with Gasteiger partial charge in [-0.3, -0.25) is 14.4 Å². The predicted octanol–water partition coefficient (Wildman–Crippen LogP) is 2.69. The fourth-order valence-corrected chi connectivity index (χ4v) is 2.74. The van der Waals surface area contributed by atoms with Gasteiger partial charge in [-0.2, -0.15) is 5.10 Å². The Morgan fingerprint density at radius 3 is 2.67 bits per heavy atom. The maximum Gasteiger partial charge on any atom is 0.312 e. The first kappa shape index (κ1) is 18.6. The zero-order chi connectivity index (χ0) is 19.4. The summed E-state index contributed by atoms with van der Waals surface area (Å²) in [5.41, 5.74) is 0.540. The lowest BCUT2D eigenvalue weighted by atomic mass is 10.1. The summed E-state index contributed by atoms with van der Waals surface area (Å²) in [5.74, 6) is -1.11. The number of amides is 1. The van der Waals surface area contributed by atoms with Crippen molar-refractivity contribution >= 4 is 39.9 Å². The van der Waals surface area contributed by atoms with Crippen LogP contribution in [0.25, 0.3) is 10.8 Å². The number of nitrogens with one attached hydrogen (secondary N) is 2. The SMILES string of the molecule is C[C@@H](OC(=O)Cc1n[nH]c(=O)c2ccccc12)C(=O)Nc1cccc(Cl)c1. The van der Waals surface area contributed by atoms with Crippen molar-refractivity contribution in [2.75, 3.05) is 5.32 Å². The van der Waals surface area contributed by atoms with E-state index < -0.39 is 18.0 Å². The molecule has 0 aliphatic carbocycles. The number of nitrogens with zero attached hydrogens (tertiary/aromatic N) is 1. The van der Waals surface area contributed by atoms with E-state index >= 15 is 0 Å². The first-order valence-electron chi connectivity index (χ1n) is 8.16. The van der Waals surface area contributed by atoms with E-state index in [0.717, 1.165) is 0 Å². The molecule has 7 nitrogen and oxygen atoms in total. The third-order valence-corrected chi connectivity index (χ3v) is 4.09. The monoisotopic (exact) mass is 385 g/mol. The van der Waals surface area contributed by atoms with Crippen LogP contribution < -0.4 is 10.9 Å². The smallest absolute Gasteiger partial charge is 0.312 e. The molecule has 0 fully saturated rings. The molecule has 27 heavy (non-hydrogen) atoms. The van der Waals surface area contributed by atoms with E-state index in [2.05, 4.69) is 15.5 Å². The van der Waals surface area contributed by atoms with Gasteiger partial charge in [-0.05, 0) is 31.2 Å². The molecule has 0 aliphatic rings. The second-order valence-electron chi connectivity index (χ2n) is 5.85. The highest BCUT2D eigenvalue weighted by Crippen LogP contribution is 2.16. The minimum Gasteiger partial charge on any atom is -0.452 e. The summed E-state index contributed by atoms with van der Waals surface area (Å²) in [4.78, 5) is 36.2. The molecule has 0 aliphatic heterocycles. The highest BCUT2D eigenvalue weighted by molar-refractivity contribution is 6.30. The summed E-state index contributed by atoms with van der Waals surface area (Å²) in [6, 6.07) is 13.5. The highest BCUT2D eigenvalue weighted by Gasteiger charge is 2.19. The van der Waals surface area contributed by atoms with E-state index in [4.69, 9.17) is 16.3 Å². The van der Waals surface area contributed by atoms with Gasteiger partial charge in [0.2, 0.25) is 0 Å². The van der Waals surface area contributed by atoms with E-state index in [9.17, 15) is 14.4 Å². The number of fused-ring (bicyclic) bond motifs is 1. The molecule has 0 spiro atoms. The molecule has 1 heterocycles. The molecule has 1 aromatic heterocycles. The van der Waals surface area contributed by atoms with Crippen molar-refractivity contribution in [3.63, 3.8) is 0 Å². The number of H-pyrrole nitrogens is 1. The number of halogens is 1. The largest absolute Gasteiger partial charge is 0.452 e. The van der Waals surface area contributed by atoms with Crippen LogP contribution in [0.15, 0.2) is 53.3 Å². The average molecular weight is 386 g/mol. The Morgan fingerprint density at radius 1 is 1.19 bits per heavy atom. The normalized spacial score (nSPS) is 11.8. The van der Waals surface area contributed by atoms with Crippen molar-refractivity contribution in [2.24, 2.45) is 0 Å². The zero-order valence-electron chi connectivity index (χ0n) is 14.4. The topological polar surface area (TPSA) is 101 Å². The van der Waals surface area contributed by atoms with Crippen molar-refractivity contribution in [3.8, 4) is 0 Å². The highest BCUT2D eigenvalue weighted by atomic mass is 35.5. The van der Waals surface area contributed by atoms with Crippen LogP contribution in [0, 0.1) is 0 Å². The average Bonchev–Trinajstić information content (AvgIpc) is 2.64. The number of carbonyl (C=O) groups excluding carboxylic acids is 2. The summed E-state index contributed by atoms with van der Waals surface area (Å²) in [5, 5.41) is 10.4. The van der Waals surface area contributed by atoms with E-state index in [-0.39, 0.29) is 12.0 Å². The summed E-state index contributed by atoms with van der Waals surface area (Å²) in [6.45, 7) is 1.47. The molecule has 0 unspecified atom stereocenters. The lowest BCUT2D eigenvalue weighted by Crippen LogP contribution is -2.30. The van der Waals surface area contributed by atoms with E-state index in [1.165, 1.54) is 6.92 Å². The number of esters is 1. The quantitative estimate of drug-likeness (QED) is 0.657. The van der Waals surface area contributed by atoms with E-state index in [1.54, 1.807) is 48.5 Å². The third-order valence-electron chi connectivity index (χ3n) is 3.86. The molecule has 2 N–H and O–H groups in total. The summed E-state index contributed by atoms with van der Waals surface area (Å²) in [7, 11) is 0. The summed E-state index contributed by atoms with van der Waals surface area (Å²) >= 11 is 5.87. The molecule has 1 amide bonds. The molecule has 3 aromatic rings. The van der Waals surface area contributed by atoms with Crippen LogP contribution in [0.4, 0.5) is 5.69 Å². The minimum atomic E-state index is -1.01. The summed E-state index contributed by atoms with van der Waals surface area (Å²) in [6.07, 6.45) is -1.18. The van der Waals surface area contributed by atoms with Crippen LogP contribution in [0.2, 0.25) is 5.02 Å². The number of carbonyl (C=O) groups is 2. The summed E-state index contributed by atoms with van der Waals surface area (Å²) < 4.78 is 5.18. The number of aromatic amines is 1. The van der Waals surface area contributed by atoms with Crippen molar-refractivity contribution in [1.29, 1.82) is 0 Å². The molecule has 0 saturated heterocycles. The second-order valence-corrected chi connectivity index (χ2v) is 6.29. The van der Waals surface area contributed by atoms with E-state index in [0.29, 0.717) is 27.2 Å². The molecular weight excluding hydrogens is 370 g/mol. The van der Waals surface area contributed by atoms with Crippen molar-refractivity contribution in [2.45, 2.75) is 19.4 Å². The van der Waals surface area contributed by atoms with Crippen LogP contribution in [0.3, 0.4) is 0 Å². The van der Waals surface area contributed by atoms with Crippen LogP contribution in [0.5, 0.6) is 0 Å². The fourth-order valence-electron chi connectivity index (χ4n) is 2.55. The van der Waals surface area contributed by atoms with Crippen LogP contribution in [0.1, 0.15) is 12.6 Å². The Bertz CT molecular complexity index is 1060. The maximum atomic E-state index is 12.2.